The molecule has 1 aromatic carbocycles. The zero-order valence-electron chi connectivity index (χ0n) is 14.9. The summed E-state index contributed by atoms with van der Waals surface area (Å²) in [6.45, 7) is 1.26. The lowest BCUT2D eigenvalue weighted by Crippen LogP contribution is -2.26. The first kappa shape index (κ1) is 20.6. The fourth-order valence-electron chi connectivity index (χ4n) is 2.34. The van der Waals surface area contributed by atoms with Gasteiger partial charge in [0.1, 0.15) is 10.7 Å². The zero-order valence-corrected chi connectivity index (χ0v) is 16.5. The van der Waals surface area contributed by atoms with Gasteiger partial charge in [0.15, 0.2) is 12.3 Å². The summed E-state index contributed by atoms with van der Waals surface area (Å²) in [6.07, 6.45) is 1.48. The van der Waals surface area contributed by atoms with Gasteiger partial charge in [0.05, 0.1) is 29.1 Å². The molecule has 2 aromatic heterocycles. The van der Waals surface area contributed by atoms with Crippen LogP contribution in [-0.2, 0) is 27.9 Å². The number of primary sulfonamides is 1. The molecule has 0 spiro atoms. The Morgan fingerprint density at radius 3 is 2.79 bits per heavy atom. The highest BCUT2D eigenvalue weighted by Gasteiger charge is 2.23. The monoisotopic (exact) mass is 442 g/mol. The number of sulfonamides is 1. The first-order valence-corrected chi connectivity index (χ1v) is 9.94. The largest absolute Gasteiger partial charge is 0.467 e. The summed E-state index contributed by atoms with van der Waals surface area (Å²) >= 11 is 6.01. The van der Waals surface area contributed by atoms with E-state index in [-0.39, 0.29) is 45.7 Å². The molecule has 29 heavy (non-hydrogen) atoms. The molecule has 0 atom stereocenters. The minimum atomic E-state index is -4.19. The molecular formula is C16H15ClN4O7S. The molecule has 0 saturated heterocycles. The third-order valence-corrected chi connectivity index (χ3v) is 5.26. The Kier molecular flexibility index (Phi) is 5.77. The number of hydrogen-bond donors (Lipinski definition) is 2. The van der Waals surface area contributed by atoms with Crippen molar-refractivity contribution in [1.82, 2.24) is 5.16 Å². The minimum absolute atomic E-state index is 0.110. The summed E-state index contributed by atoms with van der Waals surface area (Å²) in [6, 6.07) is 5.64. The SMILES string of the molecule is Cc1c(COC(=O)c2cc(S(N)(=O)=O)c(Cl)cc2NCc2ccco2)no[n+]1[O-]. The van der Waals surface area contributed by atoms with Crippen LogP contribution in [0.1, 0.15) is 27.5 Å². The number of benzene rings is 1. The number of ether oxygens (including phenoxy) is 1. The second-order valence-electron chi connectivity index (χ2n) is 5.84. The van der Waals surface area contributed by atoms with Gasteiger partial charge < -0.3 is 19.7 Å². The maximum atomic E-state index is 12.6. The molecular weight excluding hydrogens is 428 g/mol. The first-order chi connectivity index (χ1) is 13.7. The minimum Gasteiger partial charge on any atom is -0.467 e. The number of carbonyl (C=O) groups is 1. The standard InChI is InChI=1S/C16H15ClN4O7S/c1-9-14(20-28-21(9)23)8-27-16(22)11-5-15(29(18,24)25)12(17)6-13(11)19-7-10-3-2-4-26-10/h2-6,19H,7-8H2,1H3,(H2,18,24,25). The van der Waals surface area contributed by atoms with Gasteiger partial charge in [0.25, 0.3) is 5.69 Å². The predicted molar refractivity (Wildman–Crippen MR) is 98.2 cm³/mol. The molecule has 3 aromatic rings. The van der Waals surface area contributed by atoms with Crippen LogP contribution >= 0.6 is 11.6 Å². The van der Waals surface area contributed by atoms with Gasteiger partial charge in [-0.05, 0) is 29.2 Å². The Morgan fingerprint density at radius 2 is 2.21 bits per heavy atom. The van der Waals surface area contributed by atoms with Gasteiger partial charge in [-0.3, -0.25) is 4.63 Å². The number of rotatable bonds is 7. The van der Waals surface area contributed by atoms with Crippen molar-refractivity contribution in [1.29, 1.82) is 0 Å². The molecule has 154 valence electrons. The van der Waals surface area contributed by atoms with Crippen LogP contribution in [0.15, 0.2) is 44.5 Å². The van der Waals surface area contributed by atoms with Gasteiger partial charge >= 0.3 is 5.97 Å². The van der Waals surface area contributed by atoms with Crippen molar-refractivity contribution in [3.63, 3.8) is 0 Å². The van der Waals surface area contributed by atoms with Gasteiger partial charge in [0, 0.05) is 12.1 Å². The number of carbonyl (C=O) groups excluding carboxylic acids is 1. The number of furan rings is 1. The van der Waals surface area contributed by atoms with E-state index in [4.69, 9.17) is 25.9 Å². The average molecular weight is 443 g/mol. The normalized spacial score (nSPS) is 11.4. The molecule has 3 N–H and O–H groups in total. The van der Waals surface area contributed by atoms with E-state index in [0.29, 0.717) is 5.76 Å². The summed E-state index contributed by atoms with van der Waals surface area (Å²) in [5.41, 5.74) is 0.287. The van der Waals surface area contributed by atoms with E-state index < -0.39 is 20.9 Å². The van der Waals surface area contributed by atoms with Crippen molar-refractivity contribution in [3.05, 3.63) is 63.5 Å². The van der Waals surface area contributed by atoms with Gasteiger partial charge in [-0.25, -0.2) is 18.4 Å². The number of halogens is 1. The number of nitrogens with one attached hydrogen (secondary N) is 1. The van der Waals surface area contributed by atoms with Crippen molar-refractivity contribution >= 4 is 33.3 Å². The Balaban J connectivity index is 1.89. The topological polar surface area (TPSA) is 165 Å². The molecule has 0 fully saturated rings. The van der Waals surface area contributed by atoms with E-state index in [0.717, 1.165) is 6.07 Å². The van der Waals surface area contributed by atoms with Crippen molar-refractivity contribution in [2.24, 2.45) is 5.14 Å². The molecule has 0 unspecified atom stereocenters. The molecule has 0 bridgehead atoms. The first-order valence-electron chi connectivity index (χ1n) is 8.01. The van der Waals surface area contributed by atoms with Crippen LogP contribution in [0, 0.1) is 12.1 Å². The smallest absolute Gasteiger partial charge is 0.340 e. The van der Waals surface area contributed by atoms with Gasteiger partial charge in [-0.15, -0.1) is 0 Å². The number of esters is 1. The van der Waals surface area contributed by atoms with E-state index in [2.05, 4.69) is 15.1 Å². The van der Waals surface area contributed by atoms with Crippen molar-refractivity contribution in [2.45, 2.75) is 25.0 Å². The lowest BCUT2D eigenvalue weighted by molar-refractivity contribution is -0.806. The van der Waals surface area contributed by atoms with E-state index in [1.807, 2.05) is 0 Å². The van der Waals surface area contributed by atoms with E-state index >= 15 is 0 Å². The van der Waals surface area contributed by atoms with E-state index in [1.165, 1.54) is 19.3 Å². The quantitative estimate of drug-likeness (QED) is 0.407. The summed E-state index contributed by atoms with van der Waals surface area (Å²) in [7, 11) is -4.19. The second kappa shape index (κ2) is 8.11. The number of aromatic nitrogens is 2. The van der Waals surface area contributed by atoms with Crippen LogP contribution in [0.3, 0.4) is 0 Å². The van der Waals surface area contributed by atoms with Crippen molar-refractivity contribution in [3.8, 4) is 0 Å². The highest BCUT2D eigenvalue weighted by Crippen LogP contribution is 2.29. The summed E-state index contributed by atoms with van der Waals surface area (Å²) in [4.78, 5) is 12.3. The van der Waals surface area contributed by atoms with E-state index in [1.54, 1.807) is 12.1 Å². The highest BCUT2D eigenvalue weighted by atomic mass is 35.5. The highest BCUT2D eigenvalue weighted by molar-refractivity contribution is 7.89. The number of anilines is 1. The Bertz CT molecular complexity index is 1140. The fourth-order valence-corrected chi connectivity index (χ4v) is 3.44. The zero-order chi connectivity index (χ0) is 21.2. The molecule has 13 heteroatoms. The lowest BCUT2D eigenvalue weighted by Gasteiger charge is -2.13. The molecule has 0 aliphatic rings. The van der Waals surface area contributed by atoms with Crippen LogP contribution in [-0.4, -0.2) is 19.5 Å². The molecule has 3 rings (SSSR count). The summed E-state index contributed by atoms with van der Waals surface area (Å²) < 4.78 is 38.3. The molecule has 11 nitrogen and oxygen atoms in total. The van der Waals surface area contributed by atoms with Crippen LogP contribution in [0.2, 0.25) is 5.02 Å². The van der Waals surface area contributed by atoms with Crippen LogP contribution in [0.25, 0.3) is 0 Å². The molecule has 0 aliphatic carbocycles. The van der Waals surface area contributed by atoms with E-state index in [9.17, 15) is 18.4 Å². The fraction of sp³-hybridized carbons (Fsp3) is 0.188. The molecule has 0 amide bonds. The van der Waals surface area contributed by atoms with Crippen LogP contribution in [0.4, 0.5) is 5.69 Å². The molecule has 0 aliphatic heterocycles. The van der Waals surface area contributed by atoms with Crippen molar-refractivity contribution in [2.75, 3.05) is 5.32 Å². The maximum absolute atomic E-state index is 12.6. The number of nitrogens with two attached hydrogens (primary N) is 1. The van der Waals surface area contributed by atoms with Crippen molar-refractivity contribution < 1.29 is 31.9 Å². The number of hydrogen-bond acceptors (Lipinski definition) is 9. The maximum Gasteiger partial charge on any atom is 0.340 e. The number of nitrogens with zero attached hydrogens (tertiary/aromatic N) is 2. The lowest BCUT2D eigenvalue weighted by atomic mass is 10.1. The summed E-state index contributed by atoms with van der Waals surface area (Å²) in [5.74, 6) is -0.331. The predicted octanol–water partition coefficient (Wildman–Crippen LogP) is 1.48. The van der Waals surface area contributed by atoms with Gasteiger partial charge in [-0.1, -0.05) is 11.6 Å². The Labute approximate surface area is 169 Å². The third kappa shape index (κ3) is 4.67. The Hall–Kier alpha value is -3.09. The van der Waals surface area contributed by atoms with Crippen LogP contribution in [0.5, 0.6) is 0 Å². The van der Waals surface area contributed by atoms with Gasteiger partial charge in [0.2, 0.25) is 10.0 Å². The third-order valence-electron chi connectivity index (χ3n) is 3.89. The van der Waals surface area contributed by atoms with Crippen LogP contribution < -0.4 is 15.4 Å². The second-order valence-corrected chi connectivity index (χ2v) is 7.78. The Morgan fingerprint density at radius 1 is 1.45 bits per heavy atom. The summed E-state index contributed by atoms with van der Waals surface area (Å²) in [5, 5.41) is 22.6. The molecule has 2 heterocycles. The molecule has 0 saturated carbocycles. The van der Waals surface area contributed by atoms with Gasteiger partial charge in [-0.2, -0.15) is 0 Å². The average Bonchev–Trinajstić information content (AvgIpc) is 3.28. The molecule has 0 radical (unpaired) electrons.